The Morgan fingerprint density at radius 2 is 2.04 bits per heavy atom. The molecule has 0 saturated heterocycles. The zero-order chi connectivity index (χ0) is 16.4. The number of halogens is 2. The third kappa shape index (κ3) is 3.59. The highest BCUT2D eigenvalue weighted by molar-refractivity contribution is 7.11. The first-order valence-electron chi connectivity index (χ1n) is 7.86. The maximum Gasteiger partial charge on any atom is 0.132 e. The van der Waals surface area contributed by atoms with Crippen molar-refractivity contribution in [1.29, 1.82) is 0 Å². The second-order valence-electron chi connectivity index (χ2n) is 6.04. The summed E-state index contributed by atoms with van der Waals surface area (Å²) in [4.78, 5) is 5.51. The van der Waals surface area contributed by atoms with Crippen molar-refractivity contribution in [1.82, 2.24) is 10.3 Å². The minimum Gasteiger partial charge on any atom is -0.387 e. The lowest BCUT2D eigenvalue weighted by molar-refractivity contribution is 0.127. The summed E-state index contributed by atoms with van der Waals surface area (Å²) in [6.07, 6.45) is 4.29. The van der Waals surface area contributed by atoms with Gasteiger partial charge in [-0.2, -0.15) is 0 Å². The molecule has 0 spiro atoms. The molecule has 124 valence electrons. The van der Waals surface area contributed by atoms with Crippen molar-refractivity contribution in [3.8, 4) is 0 Å². The van der Waals surface area contributed by atoms with E-state index in [4.69, 9.17) is 0 Å². The first-order valence-corrected chi connectivity index (χ1v) is 8.68. The van der Waals surface area contributed by atoms with Crippen molar-refractivity contribution in [3.63, 3.8) is 0 Å². The Kier molecular flexibility index (Phi) is 5.04. The molecule has 2 N–H and O–H groups in total. The Labute approximate surface area is 138 Å². The summed E-state index contributed by atoms with van der Waals surface area (Å²) in [5.74, 6) is -0.850. The Morgan fingerprint density at radius 3 is 2.65 bits per heavy atom. The molecule has 0 aliphatic heterocycles. The Hall–Kier alpha value is -1.37. The van der Waals surface area contributed by atoms with Crippen molar-refractivity contribution in [2.24, 2.45) is 0 Å². The number of nitrogens with zero attached hydrogens (tertiary/aromatic N) is 1. The van der Waals surface area contributed by atoms with Crippen LogP contribution in [0.2, 0.25) is 0 Å². The number of nitrogens with one attached hydrogen (secondary N) is 1. The van der Waals surface area contributed by atoms with Crippen LogP contribution in [0.1, 0.15) is 53.7 Å². The normalized spacial score (nSPS) is 17.7. The maximum atomic E-state index is 13.7. The van der Waals surface area contributed by atoms with Crippen LogP contribution in [0.15, 0.2) is 24.4 Å². The van der Waals surface area contributed by atoms with Gasteiger partial charge in [-0.1, -0.05) is 12.5 Å². The van der Waals surface area contributed by atoms with E-state index in [1.807, 2.05) is 6.20 Å². The smallest absolute Gasteiger partial charge is 0.132 e. The average molecular weight is 338 g/mol. The van der Waals surface area contributed by atoms with E-state index in [2.05, 4.69) is 10.3 Å². The van der Waals surface area contributed by atoms with Crippen LogP contribution in [0, 0.1) is 11.6 Å². The fourth-order valence-electron chi connectivity index (χ4n) is 2.66. The number of aliphatic hydroxyl groups is 1. The van der Waals surface area contributed by atoms with Crippen molar-refractivity contribution in [2.45, 2.75) is 50.8 Å². The molecule has 2 aromatic rings. The standard InChI is InChI=1S/C17H20F2N2OS/c1-10(16(22)15-13(18)6-3-7-14(15)19)20-8-12-9-21-17(23-12)11-4-2-5-11/h3,6-7,9-11,16,20,22H,2,4-5,8H2,1H3/t10-,16+/m0/s1. The van der Waals surface area contributed by atoms with Gasteiger partial charge in [0.05, 0.1) is 16.7 Å². The van der Waals surface area contributed by atoms with Gasteiger partial charge < -0.3 is 10.4 Å². The molecule has 6 heteroatoms. The summed E-state index contributed by atoms with van der Waals surface area (Å²) in [6.45, 7) is 2.24. The fourth-order valence-corrected chi connectivity index (χ4v) is 3.70. The van der Waals surface area contributed by atoms with Crippen LogP contribution < -0.4 is 5.32 Å². The van der Waals surface area contributed by atoms with Gasteiger partial charge in [-0.25, -0.2) is 13.8 Å². The monoisotopic (exact) mass is 338 g/mol. The van der Waals surface area contributed by atoms with Crippen LogP contribution in [0.3, 0.4) is 0 Å². The fraction of sp³-hybridized carbons (Fsp3) is 0.471. The quantitative estimate of drug-likeness (QED) is 0.840. The molecule has 1 saturated carbocycles. The molecular weight excluding hydrogens is 318 g/mol. The van der Waals surface area contributed by atoms with Crippen molar-refractivity contribution < 1.29 is 13.9 Å². The minimum absolute atomic E-state index is 0.285. The highest BCUT2D eigenvalue weighted by atomic mass is 32.1. The second-order valence-corrected chi connectivity index (χ2v) is 7.19. The predicted octanol–water partition coefficient (Wildman–Crippen LogP) is 3.90. The molecule has 0 amide bonds. The molecule has 1 aliphatic carbocycles. The lowest BCUT2D eigenvalue weighted by Crippen LogP contribution is -2.32. The first kappa shape index (κ1) is 16.5. The summed E-state index contributed by atoms with van der Waals surface area (Å²) in [5, 5.41) is 14.5. The topological polar surface area (TPSA) is 45.2 Å². The Morgan fingerprint density at radius 1 is 1.35 bits per heavy atom. The molecule has 2 atom stereocenters. The van der Waals surface area contributed by atoms with Gasteiger partial charge in [0.2, 0.25) is 0 Å². The van der Waals surface area contributed by atoms with E-state index >= 15 is 0 Å². The van der Waals surface area contributed by atoms with Gasteiger partial charge >= 0.3 is 0 Å². The molecule has 23 heavy (non-hydrogen) atoms. The molecule has 3 rings (SSSR count). The molecule has 0 radical (unpaired) electrons. The summed E-state index contributed by atoms with van der Waals surface area (Å²) in [6, 6.07) is 3.12. The lowest BCUT2D eigenvalue weighted by atomic mass is 9.86. The molecule has 1 aromatic heterocycles. The third-order valence-corrected chi connectivity index (χ3v) is 5.55. The van der Waals surface area contributed by atoms with Gasteiger partial charge in [0.25, 0.3) is 0 Å². The molecule has 1 aromatic carbocycles. The van der Waals surface area contributed by atoms with E-state index in [1.165, 1.54) is 30.3 Å². The SMILES string of the molecule is C[C@H](NCc1cnc(C2CCC2)s1)[C@@H](O)c1c(F)cccc1F. The highest BCUT2D eigenvalue weighted by Gasteiger charge is 2.24. The summed E-state index contributed by atoms with van der Waals surface area (Å²) in [5.41, 5.74) is -0.285. The van der Waals surface area contributed by atoms with Crippen LogP contribution >= 0.6 is 11.3 Å². The summed E-state index contributed by atoms with van der Waals surface area (Å²) >= 11 is 1.67. The third-order valence-electron chi connectivity index (χ3n) is 4.39. The molecule has 1 fully saturated rings. The van der Waals surface area contributed by atoms with Crippen molar-refractivity contribution in [3.05, 3.63) is 51.5 Å². The van der Waals surface area contributed by atoms with Gasteiger partial charge in [-0.15, -0.1) is 11.3 Å². The zero-order valence-corrected chi connectivity index (χ0v) is 13.7. The van der Waals surface area contributed by atoms with Crippen LogP contribution in [-0.4, -0.2) is 16.1 Å². The Balaban J connectivity index is 1.60. The van der Waals surface area contributed by atoms with Crippen LogP contribution in [0.4, 0.5) is 8.78 Å². The van der Waals surface area contributed by atoms with Crippen LogP contribution in [-0.2, 0) is 6.54 Å². The predicted molar refractivity (Wildman–Crippen MR) is 86.3 cm³/mol. The molecule has 0 bridgehead atoms. The number of rotatable bonds is 6. The molecule has 3 nitrogen and oxygen atoms in total. The van der Waals surface area contributed by atoms with E-state index in [9.17, 15) is 13.9 Å². The highest BCUT2D eigenvalue weighted by Crippen LogP contribution is 2.38. The molecule has 0 unspecified atom stereocenters. The van der Waals surface area contributed by atoms with Gasteiger partial charge in [0, 0.05) is 29.6 Å². The Bertz CT molecular complexity index is 652. The number of hydrogen-bond donors (Lipinski definition) is 2. The van der Waals surface area contributed by atoms with Crippen molar-refractivity contribution in [2.75, 3.05) is 0 Å². The second kappa shape index (κ2) is 7.03. The van der Waals surface area contributed by atoms with Gasteiger partial charge in [0.1, 0.15) is 11.6 Å². The largest absolute Gasteiger partial charge is 0.387 e. The van der Waals surface area contributed by atoms with Gasteiger partial charge in [-0.05, 0) is 31.9 Å². The van der Waals surface area contributed by atoms with Gasteiger partial charge in [0.15, 0.2) is 0 Å². The van der Waals surface area contributed by atoms with Crippen LogP contribution in [0.5, 0.6) is 0 Å². The van der Waals surface area contributed by atoms with E-state index in [-0.39, 0.29) is 5.56 Å². The maximum absolute atomic E-state index is 13.7. The number of hydrogen-bond acceptors (Lipinski definition) is 4. The van der Waals surface area contributed by atoms with E-state index in [0.717, 1.165) is 17.0 Å². The molecular formula is C17H20F2N2OS. The van der Waals surface area contributed by atoms with Crippen LogP contribution in [0.25, 0.3) is 0 Å². The van der Waals surface area contributed by atoms with E-state index in [0.29, 0.717) is 12.5 Å². The van der Waals surface area contributed by atoms with Gasteiger partial charge in [-0.3, -0.25) is 0 Å². The zero-order valence-electron chi connectivity index (χ0n) is 12.9. The number of benzene rings is 1. The number of thiazole rings is 1. The minimum atomic E-state index is -1.24. The first-order chi connectivity index (χ1) is 11.1. The van der Waals surface area contributed by atoms with E-state index in [1.54, 1.807) is 18.3 Å². The van der Waals surface area contributed by atoms with Crippen molar-refractivity contribution >= 4 is 11.3 Å². The molecule has 1 aliphatic rings. The summed E-state index contributed by atoms with van der Waals surface area (Å²) < 4.78 is 27.5. The molecule has 1 heterocycles. The summed E-state index contributed by atoms with van der Waals surface area (Å²) in [7, 11) is 0. The number of aliphatic hydroxyl groups excluding tert-OH is 1. The average Bonchev–Trinajstić information content (AvgIpc) is 2.91. The number of aromatic nitrogens is 1. The lowest BCUT2D eigenvalue weighted by Gasteiger charge is -2.22. The van der Waals surface area contributed by atoms with E-state index < -0.39 is 23.8 Å².